The molecule has 0 aliphatic heterocycles. The Balaban J connectivity index is 2.66. The van der Waals surface area contributed by atoms with E-state index in [1.165, 1.54) is 6.07 Å². The van der Waals surface area contributed by atoms with Crippen LogP contribution in [0.2, 0.25) is 0 Å². The molecule has 0 saturated heterocycles. The predicted molar refractivity (Wildman–Crippen MR) is 63.8 cm³/mol. The summed E-state index contributed by atoms with van der Waals surface area (Å²) in [5, 5.41) is 0. The molecule has 0 N–H and O–H groups in total. The highest BCUT2D eigenvalue weighted by atomic mass is 19.1. The van der Waals surface area contributed by atoms with E-state index < -0.39 is 0 Å². The van der Waals surface area contributed by atoms with Gasteiger partial charge in [-0.1, -0.05) is 6.07 Å². The second-order valence-corrected chi connectivity index (χ2v) is 4.10. The summed E-state index contributed by atoms with van der Waals surface area (Å²) in [6.45, 7) is 5.92. The lowest BCUT2D eigenvalue weighted by Gasteiger charge is -2.09. The van der Waals surface area contributed by atoms with Crippen LogP contribution in [0.4, 0.5) is 4.39 Å². The Labute approximate surface area is 95.0 Å². The highest BCUT2D eigenvalue weighted by molar-refractivity contribution is 5.69. The van der Waals surface area contributed by atoms with Gasteiger partial charge in [0.15, 0.2) is 0 Å². The van der Waals surface area contributed by atoms with E-state index in [9.17, 15) is 4.39 Å². The first kappa shape index (κ1) is 10.8. The highest BCUT2D eigenvalue weighted by Crippen LogP contribution is 2.26. The fourth-order valence-corrected chi connectivity index (χ4v) is 1.79. The van der Waals surface area contributed by atoms with Crippen molar-refractivity contribution < 1.29 is 4.39 Å². The molecule has 2 rings (SSSR count). The maximum absolute atomic E-state index is 13.2. The van der Waals surface area contributed by atoms with Gasteiger partial charge in [-0.2, -0.15) is 0 Å². The zero-order valence-electron chi connectivity index (χ0n) is 9.71. The van der Waals surface area contributed by atoms with E-state index in [4.69, 9.17) is 0 Å². The summed E-state index contributed by atoms with van der Waals surface area (Å²) in [6, 6.07) is 6.90. The third-order valence-corrected chi connectivity index (χ3v) is 2.71. The summed E-state index contributed by atoms with van der Waals surface area (Å²) in [5.74, 6) is -0.207. The van der Waals surface area contributed by atoms with Crippen LogP contribution < -0.4 is 0 Å². The molecular formula is C14H14FN. The fraction of sp³-hybridized carbons (Fsp3) is 0.214. The zero-order valence-corrected chi connectivity index (χ0v) is 9.71. The maximum atomic E-state index is 13.2. The maximum Gasteiger partial charge on any atom is 0.123 e. The SMILES string of the molecule is Cc1cnc(C)c(-c2cc(F)ccc2C)c1. The second kappa shape index (κ2) is 4.05. The average Bonchev–Trinajstić information content (AvgIpc) is 2.25. The molecule has 0 radical (unpaired) electrons. The quantitative estimate of drug-likeness (QED) is 0.704. The summed E-state index contributed by atoms with van der Waals surface area (Å²) < 4.78 is 13.2. The Kier molecular flexibility index (Phi) is 2.73. The number of aryl methyl sites for hydroxylation is 3. The number of halogens is 1. The Morgan fingerprint density at radius 3 is 2.50 bits per heavy atom. The van der Waals surface area contributed by atoms with Gasteiger partial charge in [0.05, 0.1) is 0 Å². The molecule has 0 saturated carbocycles. The van der Waals surface area contributed by atoms with E-state index in [0.717, 1.165) is 27.9 Å². The van der Waals surface area contributed by atoms with Gasteiger partial charge >= 0.3 is 0 Å². The molecule has 1 aromatic heterocycles. The van der Waals surface area contributed by atoms with Crippen molar-refractivity contribution >= 4 is 0 Å². The molecule has 0 fully saturated rings. The predicted octanol–water partition coefficient (Wildman–Crippen LogP) is 3.81. The third-order valence-electron chi connectivity index (χ3n) is 2.71. The van der Waals surface area contributed by atoms with Crippen LogP contribution in [0.1, 0.15) is 16.8 Å². The Morgan fingerprint density at radius 1 is 1.00 bits per heavy atom. The Hall–Kier alpha value is -1.70. The van der Waals surface area contributed by atoms with Crippen molar-refractivity contribution in [1.29, 1.82) is 0 Å². The van der Waals surface area contributed by atoms with Gasteiger partial charge in [0, 0.05) is 17.5 Å². The molecule has 0 spiro atoms. The van der Waals surface area contributed by atoms with E-state index >= 15 is 0 Å². The summed E-state index contributed by atoms with van der Waals surface area (Å²) in [6.07, 6.45) is 1.83. The molecule has 82 valence electrons. The minimum atomic E-state index is -0.207. The molecule has 0 bridgehead atoms. The van der Waals surface area contributed by atoms with Crippen molar-refractivity contribution in [3.05, 3.63) is 53.1 Å². The van der Waals surface area contributed by atoms with Gasteiger partial charge in [0.2, 0.25) is 0 Å². The third kappa shape index (κ3) is 1.96. The van der Waals surface area contributed by atoms with Gasteiger partial charge < -0.3 is 0 Å². The summed E-state index contributed by atoms with van der Waals surface area (Å²) in [4.78, 5) is 4.30. The van der Waals surface area contributed by atoms with E-state index in [-0.39, 0.29) is 5.82 Å². The normalized spacial score (nSPS) is 10.5. The van der Waals surface area contributed by atoms with Gasteiger partial charge in [-0.05, 0) is 55.7 Å². The molecule has 1 nitrogen and oxygen atoms in total. The Morgan fingerprint density at radius 2 is 1.75 bits per heavy atom. The number of benzene rings is 1. The van der Waals surface area contributed by atoms with E-state index in [2.05, 4.69) is 4.98 Å². The number of aromatic nitrogens is 1. The van der Waals surface area contributed by atoms with Crippen LogP contribution in [0.15, 0.2) is 30.5 Å². The van der Waals surface area contributed by atoms with Crippen LogP contribution in [-0.2, 0) is 0 Å². The summed E-state index contributed by atoms with van der Waals surface area (Å²) in [7, 11) is 0. The number of rotatable bonds is 1. The highest BCUT2D eigenvalue weighted by Gasteiger charge is 2.07. The molecule has 0 aliphatic rings. The molecule has 16 heavy (non-hydrogen) atoms. The van der Waals surface area contributed by atoms with Crippen LogP contribution >= 0.6 is 0 Å². The molecule has 0 atom stereocenters. The van der Waals surface area contributed by atoms with E-state index in [1.807, 2.05) is 33.0 Å². The monoisotopic (exact) mass is 215 g/mol. The van der Waals surface area contributed by atoms with Gasteiger partial charge in [-0.25, -0.2) is 4.39 Å². The molecule has 1 heterocycles. The van der Waals surface area contributed by atoms with Crippen LogP contribution in [0.25, 0.3) is 11.1 Å². The number of hydrogen-bond donors (Lipinski definition) is 0. The van der Waals surface area contributed by atoms with Crippen LogP contribution in [0.5, 0.6) is 0 Å². The summed E-state index contributed by atoms with van der Waals surface area (Å²) >= 11 is 0. The van der Waals surface area contributed by atoms with Crippen LogP contribution in [0, 0.1) is 26.6 Å². The first-order valence-electron chi connectivity index (χ1n) is 5.27. The number of hydrogen-bond acceptors (Lipinski definition) is 1. The van der Waals surface area contributed by atoms with Crippen molar-refractivity contribution in [1.82, 2.24) is 4.98 Å². The van der Waals surface area contributed by atoms with Crippen molar-refractivity contribution in [3.8, 4) is 11.1 Å². The van der Waals surface area contributed by atoms with Crippen molar-refractivity contribution in [3.63, 3.8) is 0 Å². The molecule has 0 amide bonds. The summed E-state index contributed by atoms with van der Waals surface area (Å²) in [5.41, 5.74) is 5.02. The van der Waals surface area contributed by atoms with Crippen molar-refractivity contribution in [2.45, 2.75) is 20.8 Å². The first-order valence-corrected chi connectivity index (χ1v) is 5.27. The van der Waals surface area contributed by atoms with Crippen LogP contribution in [0.3, 0.4) is 0 Å². The molecule has 2 aromatic rings. The van der Waals surface area contributed by atoms with Crippen molar-refractivity contribution in [2.24, 2.45) is 0 Å². The first-order chi connectivity index (χ1) is 7.58. The standard InChI is InChI=1S/C14H14FN/c1-9-6-14(11(3)16-8-9)13-7-12(15)5-4-10(13)2/h4-8H,1-3H3. The topological polar surface area (TPSA) is 12.9 Å². The van der Waals surface area contributed by atoms with Gasteiger partial charge in [0.1, 0.15) is 5.82 Å². The van der Waals surface area contributed by atoms with Gasteiger partial charge in [0.25, 0.3) is 0 Å². The van der Waals surface area contributed by atoms with E-state index in [1.54, 1.807) is 12.1 Å². The second-order valence-electron chi connectivity index (χ2n) is 4.10. The zero-order chi connectivity index (χ0) is 11.7. The molecule has 0 unspecified atom stereocenters. The smallest absolute Gasteiger partial charge is 0.123 e. The lowest BCUT2D eigenvalue weighted by Crippen LogP contribution is -1.92. The average molecular weight is 215 g/mol. The fourth-order valence-electron chi connectivity index (χ4n) is 1.79. The lowest BCUT2D eigenvalue weighted by atomic mass is 9.98. The minimum absolute atomic E-state index is 0.207. The molecular weight excluding hydrogens is 201 g/mol. The number of pyridine rings is 1. The Bertz CT molecular complexity index is 483. The van der Waals surface area contributed by atoms with E-state index in [0.29, 0.717) is 0 Å². The van der Waals surface area contributed by atoms with Crippen LogP contribution in [-0.4, -0.2) is 4.98 Å². The molecule has 0 aliphatic carbocycles. The largest absolute Gasteiger partial charge is 0.261 e. The molecule has 2 heteroatoms. The lowest BCUT2D eigenvalue weighted by molar-refractivity contribution is 0.628. The van der Waals surface area contributed by atoms with Gasteiger partial charge in [-0.15, -0.1) is 0 Å². The van der Waals surface area contributed by atoms with Crippen molar-refractivity contribution in [2.75, 3.05) is 0 Å². The molecule has 1 aromatic carbocycles. The number of nitrogens with zero attached hydrogens (tertiary/aromatic N) is 1. The van der Waals surface area contributed by atoms with Gasteiger partial charge in [-0.3, -0.25) is 4.98 Å². The minimum Gasteiger partial charge on any atom is -0.261 e.